The van der Waals surface area contributed by atoms with Gasteiger partial charge in [0.1, 0.15) is 13.4 Å². The Bertz CT molecular complexity index is 307. The SMILES string of the molecule is FC(F)(CCI)COCOCc1ccccc1. The number of benzene rings is 1. The van der Waals surface area contributed by atoms with Crippen molar-refractivity contribution in [2.75, 3.05) is 17.8 Å². The molecule has 0 radical (unpaired) electrons. The van der Waals surface area contributed by atoms with Crippen LogP contribution < -0.4 is 0 Å². The Balaban J connectivity index is 2.09. The summed E-state index contributed by atoms with van der Waals surface area (Å²) in [6.45, 7) is -0.310. The summed E-state index contributed by atoms with van der Waals surface area (Å²) < 4.78 is 36.3. The van der Waals surface area contributed by atoms with Crippen LogP contribution in [0.25, 0.3) is 0 Å². The molecule has 0 bridgehead atoms. The number of hydrogen-bond acceptors (Lipinski definition) is 2. The van der Waals surface area contributed by atoms with Crippen LogP contribution in [0.5, 0.6) is 0 Å². The molecule has 0 saturated heterocycles. The summed E-state index contributed by atoms with van der Waals surface area (Å²) in [5.41, 5.74) is 0.995. The van der Waals surface area contributed by atoms with Gasteiger partial charge in [-0.3, -0.25) is 0 Å². The molecule has 0 heterocycles. The Hall–Kier alpha value is -0.270. The van der Waals surface area contributed by atoms with Gasteiger partial charge in [0.25, 0.3) is 5.92 Å². The van der Waals surface area contributed by atoms with E-state index in [9.17, 15) is 8.78 Å². The van der Waals surface area contributed by atoms with Crippen LogP contribution in [0, 0.1) is 0 Å². The molecule has 0 N–H and O–H groups in total. The number of ether oxygens (including phenoxy) is 2. The minimum atomic E-state index is -2.75. The maximum Gasteiger partial charge on any atom is 0.271 e. The molecule has 0 aliphatic heterocycles. The highest BCUT2D eigenvalue weighted by molar-refractivity contribution is 14.1. The van der Waals surface area contributed by atoms with Gasteiger partial charge in [0.2, 0.25) is 0 Å². The molecule has 17 heavy (non-hydrogen) atoms. The molecular weight excluding hydrogens is 341 g/mol. The van der Waals surface area contributed by atoms with E-state index in [-0.39, 0.29) is 13.2 Å². The summed E-state index contributed by atoms with van der Waals surface area (Å²) in [5.74, 6) is -2.75. The lowest BCUT2D eigenvalue weighted by Gasteiger charge is -2.15. The van der Waals surface area contributed by atoms with Crippen LogP contribution in [0.3, 0.4) is 0 Å². The van der Waals surface area contributed by atoms with Crippen molar-refractivity contribution in [3.05, 3.63) is 35.9 Å². The minimum absolute atomic E-state index is 0.105. The van der Waals surface area contributed by atoms with Crippen LogP contribution in [0.1, 0.15) is 12.0 Å². The Morgan fingerprint density at radius 1 is 1.12 bits per heavy atom. The molecular formula is C12H15F2IO2. The van der Waals surface area contributed by atoms with Gasteiger partial charge in [-0.25, -0.2) is 8.78 Å². The summed E-state index contributed by atoms with van der Waals surface area (Å²) >= 11 is 1.92. The standard InChI is InChI=1S/C12H15F2IO2/c13-12(14,6-7-15)9-17-10-16-8-11-4-2-1-3-5-11/h1-5H,6-10H2. The first-order valence-corrected chi connectivity index (χ1v) is 6.80. The lowest BCUT2D eigenvalue weighted by Crippen LogP contribution is -2.24. The first-order chi connectivity index (χ1) is 8.14. The van der Waals surface area contributed by atoms with E-state index in [1.165, 1.54) is 0 Å². The van der Waals surface area contributed by atoms with Crippen molar-refractivity contribution in [2.24, 2.45) is 0 Å². The molecule has 0 aliphatic carbocycles. The van der Waals surface area contributed by atoms with Crippen LogP contribution in [0.2, 0.25) is 0 Å². The van der Waals surface area contributed by atoms with E-state index >= 15 is 0 Å². The minimum Gasteiger partial charge on any atom is -0.351 e. The molecule has 0 atom stereocenters. The normalized spacial score (nSPS) is 11.7. The Labute approximate surface area is 113 Å². The summed E-state index contributed by atoms with van der Waals surface area (Å²) in [4.78, 5) is 0. The van der Waals surface area contributed by atoms with Crippen LogP contribution in [0.4, 0.5) is 8.78 Å². The monoisotopic (exact) mass is 356 g/mol. The second-order valence-corrected chi connectivity index (χ2v) is 4.67. The van der Waals surface area contributed by atoms with Crippen molar-refractivity contribution in [1.29, 1.82) is 0 Å². The highest BCUT2D eigenvalue weighted by Gasteiger charge is 2.27. The van der Waals surface area contributed by atoms with Crippen molar-refractivity contribution < 1.29 is 18.3 Å². The fourth-order valence-electron chi connectivity index (χ4n) is 1.19. The molecule has 0 aromatic heterocycles. The van der Waals surface area contributed by atoms with Crippen LogP contribution in [-0.4, -0.2) is 23.7 Å². The predicted molar refractivity (Wildman–Crippen MR) is 70.5 cm³/mol. The highest BCUT2D eigenvalue weighted by Crippen LogP contribution is 2.19. The Kier molecular flexibility index (Phi) is 6.91. The quantitative estimate of drug-likeness (QED) is 0.307. The van der Waals surface area contributed by atoms with Gasteiger partial charge in [0, 0.05) is 10.8 Å². The molecule has 0 unspecified atom stereocenters. The number of rotatable bonds is 8. The van der Waals surface area contributed by atoms with Crippen molar-refractivity contribution in [3.8, 4) is 0 Å². The fourth-order valence-corrected chi connectivity index (χ4v) is 1.98. The summed E-state index contributed by atoms with van der Waals surface area (Å²) in [6.07, 6.45) is -0.160. The van der Waals surface area contributed by atoms with E-state index in [4.69, 9.17) is 9.47 Å². The Morgan fingerprint density at radius 2 is 1.82 bits per heavy atom. The third kappa shape index (κ3) is 6.90. The molecule has 0 spiro atoms. The molecule has 2 nitrogen and oxygen atoms in total. The van der Waals surface area contributed by atoms with Crippen LogP contribution in [0.15, 0.2) is 30.3 Å². The second-order valence-electron chi connectivity index (χ2n) is 3.60. The van der Waals surface area contributed by atoms with E-state index in [0.717, 1.165) is 5.56 Å². The first kappa shape index (κ1) is 14.8. The maximum atomic E-state index is 13.0. The molecule has 0 saturated carbocycles. The average molecular weight is 356 g/mol. The zero-order valence-corrected chi connectivity index (χ0v) is 11.5. The zero-order chi connectivity index (χ0) is 12.6. The van der Waals surface area contributed by atoms with Crippen LogP contribution >= 0.6 is 22.6 Å². The van der Waals surface area contributed by atoms with E-state index in [1.807, 2.05) is 52.9 Å². The van der Waals surface area contributed by atoms with Gasteiger partial charge in [-0.15, -0.1) is 0 Å². The first-order valence-electron chi connectivity index (χ1n) is 5.27. The molecule has 1 aromatic rings. The maximum absolute atomic E-state index is 13.0. The second kappa shape index (κ2) is 7.94. The highest BCUT2D eigenvalue weighted by atomic mass is 127. The van der Waals surface area contributed by atoms with Gasteiger partial charge in [-0.05, 0) is 5.56 Å². The third-order valence-electron chi connectivity index (χ3n) is 2.05. The molecule has 0 fully saturated rings. The summed E-state index contributed by atoms with van der Waals surface area (Å²) in [5, 5.41) is 0. The number of halogens is 3. The zero-order valence-electron chi connectivity index (χ0n) is 9.37. The van der Waals surface area contributed by atoms with Gasteiger partial charge in [-0.1, -0.05) is 52.9 Å². The summed E-state index contributed by atoms with van der Waals surface area (Å²) in [6, 6.07) is 9.52. The molecule has 96 valence electrons. The van der Waals surface area contributed by atoms with Crippen molar-refractivity contribution in [3.63, 3.8) is 0 Å². The molecule has 1 aromatic carbocycles. The lowest BCUT2D eigenvalue weighted by molar-refractivity contribution is -0.133. The Morgan fingerprint density at radius 3 is 2.47 bits per heavy atom. The van der Waals surface area contributed by atoms with Gasteiger partial charge >= 0.3 is 0 Å². The number of alkyl halides is 3. The molecule has 5 heteroatoms. The van der Waals surface area contributed by atoms with E-state index in [0.29, 0.717) is 11.0 Å². The third-order valence-corrected chi connectivity index (χ3v) is 2.59. The van der Waals surface area contributed by atoms with E-state index in [1.54, 1.807) is 0 Å². The van der Waals surface area contributed by atoms with E-state index in [2.05, 4.69) is 0 Å². The van der Waals surface area contributed by atoms with Gasteiger partial charge in [0.05, 0.1) is 6.61 Å². The fraction of sp³-hybridized carbons (Fsp3) is 0.500. The number of hydrogen-bond donors (Lipinski definition) is 0. The predicted octanol–water partition coefficient (Wildman–Crippen LogP) is 3.64. The molecule has 0 aliphatic rings. The largest absolute Gasteiger partial charge is 0.351 e. The van der Waals surface area contributed by atoms with Gasteiger partial charge in [-0.2, -0.15) is 0 Å². The topological polar surface area (TPSA) is 18.5 Å². The van der Waals surface area contributed by atoms with E-state index < -0.39 is 12.5 Å². The lowest BCUT2D eigenvalue weighted by atomic mass is 10.2. The van der Waals surface area contributed by atoms with Crippen molar-refractivity contribution in [2.45, 2.75) is 19.0 Å². The van der Waals surface area contributed by atoms with Gasteiger partial charge in [0.15, 0.2) is 0 Å². The smallest absolute Gasteiger partial charge is 0.271 e. The molecule has 1 rings (SSSR count). The average Bonchev–Trinajstić information content (AvgIpc) is 2.30. The van der Waals surface area contributed by atoms with Crippen LogP contribution in [-0.2, 0) is 16.1 Å². The van der Waals surface area contributed by atoms with Crippen molar-refractivity contribution >= 4 is 22.6 Å². The van der Waals surface area contributed by atoms with Gasteiger partial charge < -0.3 is 9.47 Å². The molecule has 0 amide bonds. The summed E-state index contributed by atoms with van der Waals surface area (Å²) in [7, 11) is 0. The van der Waals surface area contributed by atoms with Crippen molar-refractivity contribution in [1.82, 2.24) is 0 Å².